The van der Waals surface area contributed by atoms with Gasteiger partial charge in [0.15, 0.2) is 0 Å². The van der Waals surface area contributed by atoms with E-state index in [1.54, 1.807) is 34.0 Å². The molecule has 31 nitrogen and oxygen atoms in total. The summed E-state index contributed by atoms with van der Waals surface area (Å²) in [5, 5.41) is 68.0. The Hall–Kier alpha value is -7.64. The Kier molecular flexibility index (Phi) is 32.9. The van der Waals surface area contributed by atoms with Gasteiger partial charge in [-0.05, 0) is 68.3 Å². The zero-order valence-electron chi connectivity index (χ0n) is 45.0. The summed E-state index contributed by atoms with van der Waals surface area (Å²) in [5.74, 6) is -19.7. The lowest BCUT2D eigenvalue weighted by molar-refractivity contribution is -0.145. The molecule has 9 atom stereocenters. The van der Waals surface area contributed by atoms with E-state index in [4.69, 9.17) is 11.5 Å². The number of hydrogen-bond acceptors (Lipinski definition) is 17. The lowest BCUT2D eigenvalue weighted by Gasteiger charge is -2.29. The number of amides is 10. The zero-order chi connectivity index (χ0) is 60.9. The van der Waals surface area contributed by atoms with Gasteiger partial charge in [0.2, 0.25) is 59.1 Å². The number of rotatable bonds is 40. The van der Waals surface area contributed by atoms with E-state index >= 15 is 0 Å². The van der Waals surface area contributed by atoms with Crippen LogP contribution in [0.4, 0.5) is 0 Å². The maximum Gasteiger partial charge on any atom is 0.326 e. The van der Waals surface area contributed by atoms with Gasteiger partial charge in [-0.3, -0.25) is 67.1 Å². The Balaban J connectivity index is 6.89. The van der Waals surface area contributed by atoms with Crippen molar-refractivity contribution in [3.8, 4) is 0 Å². The number of nitrogens with one attached hydrogen (secondary N) is 9. The molecule has 0 aromatic carbocycles. The summed E-state index contributed by atoms with van der Waals surface area (Å²) in [4.78, 5) is 192. The second kappa shape index (κ2) is 36.5. The molecule has 0 fully saturated rings. The fourth-order valence-electron chi connectivity index (χ4n) is 7.23. The number of carbonyl (C=O) groups is 15. The summed E-state index contributed by atoms with van der Waals surface area (Å²) in [6.45, 7) is 9.18. The Bertz CT molecular complexity index is 2200. The molecule has 446 valence electrons. The van der Waals surface area contributed by atoms with Gasteiger partial charge in [0, 0.05) is 19.3 Å². The molecule has 0 saturated heterocycles. The Morgan fingerprint density at radius 1 is 0.405 bits per heavy atom. The molecular weight excluding hydrogens is 1070 g/mol. The Labute approximate surface area is 459 Å². The number of carboxylic acids is 5. The summed E-state index contributed by atoms with van der Waals surface area (Å²) < 4.78 is 0. The predicted octanol–water partition coefficient (Wildman–Crippen LogP) is -4.16. The van der Waals surface area contributed by atoms with Crippen molar-refractivity contribution >= 4 is 101 Å². The van der Waals surface area contributed by atoms with Crippen LogP contribution in [-0.4, -0.2) is 187 Å². The molecule has 10 amide bonds. The number of aliphatic carboxylic acids is 5. The predicted molar refractivity (Wildman–Crippen MR) is 277 cm³/mol. The van der Waals surface area contributed by atoms with Crippen LogP contribution < -0.4 is 59.3 Å². The molecule has 0 rings (SSSR count). The minimum absolute atomic E-state index is 0.0777. The second-order valence-electron chi connectivity index (χ2n) is 19.4. The topological polar surface area (TPSA) is 518 Å². The van der Waals surface area contributed by atoms with E-state index in [-0.39, 0.29) is 43.3 Å². The molecule has 0 spiro atoms. The van der Waals surface area contributed by atoms with Crippen molar-refractivity contribution in [3.63, 3.8) is 0 Å². The average Bonchev–Trinajstić information content (AvgIpc) is 3.33. The van der Waals surface area contributed by atoms with Crippen LogP contribution in [0.5, 0.6) is 0 Å². The molecule has 79 heavy (non-hydrogen) atoms. The zero-order valence-corrected chi connectivity index (χ0v) is 45.9. The first-order chi connectivity index (χ1) is 36.7. The van der Waals surface area contributed by atoms with Crippen LogP contribution in [0, 0.1) is 17.8 Å². The molecule has 32 heteroatoms. The summed E-state index contributed by atoms with van der Waals surface area (Å²) in [6.07, 6.45) is -4.58. The Morgan fingerprint density at radius 2 is 0.734 bits per heavy atom. The first-order valence-corrected chi connectivity index (χ1v) is 26.4. The molecule has 0 unspecified atom stereocenters. The van der Waals surface area contributed by atoms with E-state index in [0.29, 0.717) is 0 Å². The van der Waals surface area contributed by atoms with Crippen LogP contribution in [0.15, 0.2) is 0 Å². The Morgan fingerprint density at radius 3 is 1.09 bits per heavy atom. The molecule has 0 aliphatic heterocycles. The maximum absolute atomic E-state index is 14.1. The first kappa shape index (κ1) is 71.4. The van der Waals surface area contributed by atoms with E-state index in [1.807, 2.05) is 10.6 Å². The van der Waals surface area contributed by atoms with Crippen LogP contribution >= 0.6 is 11.8 Å². The molecule has 0 radical (unpaired) electrons. The summed E-state index contributed by atoms with van der Waals surface area (Å²) in [5.41, 5.74) is 10.7. The highest BCUT2D eigenvalue weighted by Crippen LogP contribution is 2.13. The highest BCUT2D eigenvalue weighted by atomic mass is 32.2. The van der Waals surface area contributed by atoms with E-state index in [1.165, 1.54) is 25.6 Å². The van der Waals surface area contributed by atoms with E-state index in [0.717, 1.165) is 0 Å². The minimum Gasteiger partial charge on any atom is -0.481 e. The van der Waals surface area contributed by atoms with Crippen molar-refractivity contribution in [2.75, 3.05) is 18.6 Å². The first-order valence-electron chi connectivity index (χ1n) is 25.0. The van der Waals surface area contributed by atoms with Gasteiger partial charge in [-0.25, -0.2) is 4.79 Å². The number of thioether (sulfide) groups is 1. The van der Waals surface area contributed by atoms with Gasteiger partial charge >= 0.3 is 29.8 Å². The van der Waals surface area contributed by atoms with Crippen molar-refractivity contribution < 1.29 is 97.5 Å². The molecule has 0 heterocycles. The fourth-order valence-corrected chi connectivity index (χ4v) is 7.71. The number of carbonyl (C=O) groups excluding carboxylic acids is 10. The summed E-state index contributed by atoms with van der Waals surface area (Å²) in [7, 11) is 0. The number of hydrogen-bond donors (Lipinski definition) is 16. The van der Waals surface area contributed by atoms with E-state index in [9.17, 15) is 97.5 Å². The monoisotopic (exact) mass is 1150 g/mol. The van der Waals surface area contributed by atoms with Gasteiger partial charge in [0.25, 0.3) is 0 Å². The quantitative estimate of drug-likeness (QED) is 0.0277. The van der Waals surface area contributed by atoms with Crippen LogP contribution in [0.3, 0.4) is 0 Å². The summed E-state index contributed by atoms with van der Waals surface area (Å²) in [6, 6.07) is -15.1. The van der Waals surface area contributed by atoms with Crippen LogP contribution in [0.1, 0.15) is 112 Å². The number of nitrogens with two attached hydrogens (primary N) is 2. The van der Waals surface area contributed by atoms with Gasteiger partial charge in [0.1, 0.15) is 54.4 Å². The number of primary amides is 1. The molecule has 0 aromatic rings. The molecule has 18 N–H and O–H groups in total. The van der Waals surface area contributed by atoms with Crippen molar-refractivity contribution in [2.45, 2.75) is 167 Å². The van der Waals surface area contributed by atoms with Gasteiger partial charge < -0.3 is 84.9 Å². The highest BCUT2D eigenvalue weighted by Gasteiger charge is 2.37. The van der Waals surface area contributed by atoms with Crippen LogP contribution in [-0.2, 0) is 71.9 Å². The second-order valence-corrected chi connectivity index (χ2v) is 20.4. The van der Waals surface area contributed by atoms with Gasteiger partial charge in [-0.2, -0.15) is 11.8 Å². The molecular formula is C47H77N11O20S. The SMILES string of the molecule is CSCC[C@H](NC(=O)[C@H](CCC(N)=O)NC(=O)[C@H](CC(C)C)NC(=O)[C@@H](NC(=O)[C@H](CCC(=O)O)NC(=O)CN)C(C)C)C(=O)N[C@@H](CCC(=O)O)C(=O)N[C@@H](CC(=O)O)C(=O)N[C@@H](CC(=O)O)C(=O)N[C@@H](CC(C)C)C(=O)O. The third-order valence-corrected chi connectivity index (χ3v) is 11.9. The minimum atomic E-state index is -2.14. The van der Waals surface area contributed by atoms with Crippen molar-refractivity contribution in [1.29, 1.82) is 0 Å². The standard InChI is InChI=1S/C47H77N11O20S/c1-21(2)16-28(56-46(76)38(23(5)6)58-42(72)24(9-12-34(61)62)50-33(60)20-48)43(73)52-25(8-11-32(49)59)39(69)53-27(14-15-79-7)41(71)51-26(10-13-35(63)64)40(70)54-29(18-36(65)66)44(74)55-30(19-37(67)68)45(75)57-31(47(77)78)17-22(3)4/h21-31,38H,8-20,48H2,1-7H3,(H2,49,59)(H,50,60)(H,51,71)(H,52,73)(H,53,69)(H,54,70)(H,55,74)(H,56,76)(H,57,75)(H,58,72)(H,61,62)(H,63,64)(H,65,66)(H,67,68)(H,77,78)/t24-,25-,26-,27-,28-,29-,30-,31-,38-/m0/s1. The smallest absolute Gasteiger partial charge is 0.326 e. The lowest BCUT2D eigenvalue weighted by Crippen LogP contribution is -2.61. The third kappa shape index (κ3) is 29.6. The van der Waals surface area contributed by atoms with Crippen molar-refractivity contribution in [1.82, 2.24) is 47.9 Å². The molecule has 0 aliphatic rings. The van der Waals surface area contributed by atoms with E-state index in [2.05, 4.69) is 37.2 Å². The van der Waals surface area contributed by atoms with Gasteiger partial charge in [-0.15, -0.1) is 0 Å². The largest absolute Gasteiger partial charge is 0.481 e. The molecule has 0 aromatic heterocycles. The maximum atomic E-state index is 14.1. The lowest BCUT2D eigenvalue weighted by atomic mass is 9.98. The fraction of sp³-hybridized carbons (Fsp3) is 0.681. The number of carboxylic acid groups (broad SMARTS) is 5. The molecule has 0 bridgehead atoms. The van der Waals surface area contributed by atoms with Crippen LogP contribution in [0.25, 0.3) is 0 Å². The van der Waals surface area contributed by atoms with E-state index < -0.39 is 201 Å². The van der Waals surface area contributed by atoms with Gasteiger partial charge in [-0.1, -0.05) is 41.5 Å². The van der Waals surface area contributed by atoms with Gasteiger partial charge in [0.05, 0.1) is 19.4 Å². The highest BCUT2D eigenvalue weighted by molar-refractivity contribution is 7.98. The normalized spacial score (nSPS) is 14.5. The summed E-state index contributed by atoms with van der Waals surface area (Å²) >= 11 is 1.19. The molecule has 0 aliphatic carbocycles. The van der Waals surface area contributed by atoms with Crippen LogP contribution in [0.2, 0.25) is 0 Å². The average molecular weight is 1150 g/mol. The molecule has 0 saturated carbocycles. The van der Waals surface area contributed by atoms with Crippen molar-refractivity contribution in [2.24, 2.45) is 29.2 Å². The third-order valence-electron chi connectivity index (χ3n) is 11.3. The van der Waals surface area contributed by atoms with Crippen molar-refractivity contribution in [3.05, 3.63) is 0 Å².